The fraction of sp³-hybridized carbons (Fsp3) is 0.833. The lowest BCUT2D eigenvalue weighted by Gasteiger charge is -2.45. The molecule has 2 aliphatic carbocycles. The van der Waals surface area contributed by atoms with Gasteiger partial charge in [-0.3, -0.25) is 0 Å². The highest BCUT2D eigenvalue weighted by atomic mass is 32.2. The minimum Gasteiger partial charge on any atom is -0.459 e. The van der Waals surface area contributed by atoms with Crippen LogP contribution in [0.15, 0.2) is 12.2 Å². The number of rotatable bonds is 7. The van der Waals surface area contributed by atoms with Crippen molar-refractivity contribution < 1.29 is 17.9 Å². The molecule has 2 rings (SSSR count). The van der Waals surface area contributed by atoms with Crippen LogP contribution < -0.4 is 4.72 Å². The van der Waals surface area contributed by atoms with Crippen molar-refractivity contribution in [3.63, 3.8) is 0 Å². The number of nitrogens with one attached hydrogen (secondary N) is 1. The van der Waals surface area contributed by atoms with Gasteiger partial charge in [-0.05, 0) is 51.4 Å². The van der Waals surface area contributed by atoms with Crippen molar-refractivity contribution in [2.24, 2.45) is 11.8 Å². The van der Waals surface area contributed by atoms with Crippen molar-refractivity contribution >= 4 is 16.0 Å². The molecule has 2 saturated carbocycles. The van der Waals surface area contributed by atoms with Gasteiger partial charge in [-0.1, -0.05) is 26.3 Å². The molecule has 0 amide bonds. The molecule has 0 aromatic carbocycles. The van der Waals surface area contributed by atoms with E-state index in [1.165, 1.54) is 0 Å². The predicted molar refractivity (Wildman–Crippen MR) is 95.0 cm³/mol. The average Bonchev–Trinajstić information content (AvgIpc) is 2.53. The van der Waals surface area contributed by atoms with Gasteiger partial charge in [0, 0.05) is 17.5 Å². The molecule has 0 aliphatic heterocycles. The Labute approximate surface area is 146 Å². The second-order valence-corrected chi connectivity index (χ2v) is 9.18. The summed E-state index contributed by atoms with van der Waals surface area (Å²) in [5, 5.41) is 0. The second-order valence-electron chi connectivity index (χ2n) is 7.31. The van der Waals surface area contributed by atoms with E-state index in [2.05, 4.69) is 11.3 Å². The molecular weight excluding hydrogens is 326 g/mol. The zero-order chi connectivity index (χ0) is 17.7. The number of carbonyl (C=O) groups excluding carboxylic acids is 1. The third-order valence-corrected chi connectivity index (χ3v) is 6.82. The number of unbranched alkanes of at least 4 members (excludes halogenated alkanes) is 1. The first kappa shape index (κ1) is 19.4. The molecule has 0 aromatic heterocycles. The SMILES string of the molecule is C=C(C)C(=O)OC1CCCC2C(NS(=O)(=O)CCCC)CCCC12. The van der Waals surface area contributed by atoms with E-state index in [1.54, 1.807) is 6.92 Å². The number of sulfonamides is 1. The molecule has 0 aromatic rings. The van der Waals surface area contributed by atoms with Crippen LogP contribution in [0.3, 0.4) is 0 Å². The predicted octanol–water partition coefficient (Wildman–Crippen LogP) is 3.16. The molecule has 24 heavy (non-hydrogen) atoms. The summed E-state index contributed by atoms with van der Waals surface area (Å²) in [6, 6.07) is -0.0167. The van der Waals surface area contributed by atoms with E-state index in [9.17, 15) is 13.2 Å². The third-order valence-electron chi connectivity index (χ3n) is 5.33. The van der Waals surface area contributed by atoms with Crippen molar-refractivity contribution in [2.75, 3.05) is 5.75 Å². The molecule has 5 nitrogen and oxygen atoms in total. The number of hydrogen-bond acceptors (Lipinski definition) is 4. The number of hydrogen-bond donors (Lipinski definition) is 1. The Morgan fingerprint density at radius 3 is 2.50 bits per heavy atom. The van der Waals surface area contributed by atoms with Gasteiger partial charge in [0.1, 0.15) is 6.10 Å². The summed E-state index contributed by atoms with van der Waals surface area (Å²) < 4.78 is 33.1. The smallest absolute Gasteiger partial charge is 0.333 e. The second kappa shape index (κ2) is 8.48. The number of carbonyl (C=O) groups is 1. The van der Waals surface area contributed by atoms with Crippen LogP contribution in [0.1, 0.15) is 65.2 Å². The lowest BCUT2D eigenvalue weighted by Crippen LogP contribution is -2.51. The topological polar surface area (TPSA) is 72.5 Å². The van der Waals surface area contributed by atoms with Gasteiger partial charge in [-0.2, -0.15) is 0 Å². The van der Waals surface area contributed by atoms with E-state index >= 15 is 0 Å². The molecule has 2 aliphatic rings. The summed E-state index contributed by atoms with van der Waals surface area (Å²) in [6.45, 7) is 7.31. The van der Waals surface area contributed by atoms with E-state index < -0.39 is 10.0 Å². The van der Waals surface area contributed by atoms with E-state index in [0.29, 0.717) is 12.0 Å². The zero-order valence-electron chi connectivity index (χ0n) is 14.9. The van der Waals surface area contributed by atoms with Crippen molar-refractivity contribution in [3.8, 4) is 0 Å². The van der Waals surface area contributed by atoms with Crippen LogP contribution in [0.2, 0.25) is 0 Å². The van der Waals surface area contributed by atoms with Crippen molar-refractivity contribution in [2.45, 2.75) is 77.4 Å². The molecule has 0 spiro atoms. The maximum Gasteiger partial charge on any atom is 0.333 e. The Balaban J connectivity index is 2.04. The summed E-state index contributed by atoms with van der Waals surface area (Å²) >= 11 is 0. The summed E-state index contributed by atoms with van der Waals surface area (Å²) in [4.78, 5) is 11.9. The Hall–Kier alpha value is -0.880. The highest BCUT2D eigenvalue weighted by Crippen LogP contribution is 2.42. The maximum absolute atomic E-state index is 12.3. The minimum atomic E-state index is -3.22. The fourth-order valence-electron chi connectivity index (χ4n) is 4.10. The van der Waals surface area contributed by atoms with Crippen molar-refractivity contribution in [1.82, 2.24) is 4.72 Å². The summed E-state index contributed by atoms with van der Waals surface area (Å²) in [7, 11) is -3.22. The van der Waals surface area contributed by atoms with Crippen LogP contribution in [0, 0.1) is 11.8 Å². The third kappa shape index (κ3) is 5.06. The van der Waals surface area contributed by atoms with Crippen LogP contribution in [-0.2, 0) is 19.6 Å². The largest absolute Gasteiger partial charge is 0.459 e. The van der Waals surface area contributed by atoms with E-state index in [-0.39, 0.29) is 35.7 Å². The molecule has 4 unspecified atom stereocenters. The molecule has 6 heteroatoms. The average molecular weight is 358 g/mol. The molecule has 1 N–H and O–H groups in total. The van der Waals surface area contributed by atoms with E-state index in [0.717, 1.165) is 44.9 Å². The number of esters is 1. The minimum absolute atomic E-state index is 0.0167. The van der Waals surface area contributed by atoms with Gasteiger partial charge in [-0.25, -0.2) is 17.9 Å². The van der Waals surface area contributed by atoms with Crippen LogP contribution in [-0.4, -0.2) is 32.3 Å². The fourth-order valence-corrected chi connectivity index (χ4v) is 5.64. The van der Waals surface area contributed by atoms with Crippen LogP contribution >= 0.6 is 0 Å². The highest BCUT2D eigenvalue weighted by molar-refractivity contribution is 7.89. The maximum atomic E-state index is 12.3. The van der Waals surface area contributed by atoms with Crippen LogP contribution in [0.25, 0.3) is 0 Å². The normalized spacial score (nSPS) is 30.4. The van der Waals surface area contributed by atoms with Gasteiger partial charge in [0.2, 0.25) is 10.0 Å². The van der Waals surface area contributed by atoms with Crippen molar-refractivity contribution in [1.29, 1.82) is 0 Å². The summed E-state index contributed by atoms with van der Waals surface area (Å²) in [5.41, 5.74) is 0.421. The lowest BCUT2D eigenvalue weighted by atomic mass is 9.67. The molecule has 138 valence electrons. The Morgan fingerprint density at radius 1 is 1.17 bits per heavy atom. The first-order valence-electron chi connectivity index (χ1n) is 9.20. The molecule has 2 fully saturated rings. The summed E-state index contributed by atoms with van der Waals surface area (Å²) in [6.07, 6.45) is 7.18. The summed E-state index contributed by atoms with van der Waals surface area (Å²) in [5.74, 6) is 0.402. The molecular formula is C18H31NO4S. The molecule has 0 bridgehead atoms. The molecule has 0 saturated heterocycles. The van der Waals surface area contributed by atoms with Gasteiger partial charge >= 0.3 is 5.97 Å². The van der Waals surface area contributed by atoms with E-state index in [4.69, 9.17) is 4.74 Å². The van der Waals surface area contributed by atoms with Gasteiger partial charge < -0.3 is 4.74 Å². The Morgan fingerprint density at radius 2 is 1.83 bits per heavy atom. The highest BCUT2D eigenvalue weighted by Gasteiger charge is 2.42. The standard InChI is InChI=1S/C18H31NO4S/c1-4-5-12-24(21,22)19-16-10-6-9-15-14(16)8-7-11-17(15)23-18(20)13(2)3/h14-17,19H,2,4-12H2,1,3H3. The first-order chi connectivity index (χ1) is 11.3. The molecule has 4 atom stereocenters. The Kier molecular flexibility index (Phi) is 6.87. The van der Waals surface area contributed by atoms with E-state index in [1.807, 2.05) is 6.92 Å². The zero-order valence-corrected chi connectivity index (χ0v) is 15.7. The van der Waals surface area contributed by atoms with Gasteiger partial charge in [0.15, 0.2) is 0 Å². The Bertz CT molecular complexity index is 557. The van der Waals surface area contributed by atoms with Gasteiger partial charge in [-0.15, -0.1) is 0 Å². The molecule has 0 radical (unpaired) electrons. The quantitative estimate of drug-likeness (QED) is 0.561. The molecule has 0 heterocycles. The lowest BCUT2D eigenvalue weighted by molar-refractivity contribution is -0.152. The number of fused-ring (bicyclic) bond motifs is 1. The monoisotopic (exact) mass is 357 g/mol. The number of ether oxygens (including phenoxy) is 1. The van der Waals surface area contributed by atoms with Crippen molar-refractivity contribution in [3.05, 3.63) is 12.2 Å². The van der Waals surface area contributed by atoms with Crippen LogP contribution in [0.4, 0.5) is 0 Å². The van der Waals surface area contributed by atoms with Gasteiger partial charge in [0.25, 0.3) is 0 Å². The van der Waals surface area contributed by atoms with Gasteiger partial charge in [0.05, 0.1) is 5.75 Å². The first-order valence-corrected chi connectivity index (χ1v) is 10.9. The van der Waals surface area contributed by atoms with Crippen LogP contribution in [0.5, 0.6) is 0 Å².